The van der Waals surface area contributed by atoms with E-state index in [1.165, 1.54) is 0 Å². The maximum absolute atomic E-state index is 5.91. The third kappa shape index (κ3) is 3.36. The van der Waals surface area contributed by atoms with Crippen molar-refractivity contribution in [1.29, 1.82) is 0 Å². The molecule has 2 aromatic heterocycles. The van der Waals surface area contributed by atoms with Gasteiger partial charge in [-0.1, -0.05) is 0 Å². The van der Waals surface area contributed by atoms with Crippen LogP contribution in [-0.2, 0) is 16.0 Å². The minimum Gasteiger partial charge on any atom is -0.383 e. The molecule has 0 aromatic carbocycles. The van der Waals surface area contributed by atoms with E-state index in [2.05, 4.69) is 37.3 Å². The lowest BCUT2D eigenvalue weighted by Crippen LogP contribution is -2.40. The molecule has 3 rings (SSSR count). The summed E-state index contributed by atoms with van der Waals surface area (Å²) in [5.74, 6) is 2.46. The zero-order valence-electron chi connectivity index (χ0n) is 14.6. The first kappa shape index (κ1) is 16.7. The van der Waals surface area contributed by atoms with Crippen LogP contribution in [0.25, 0.3) is 0 Å². The summed E-state index contributed by atoms with van der Waals surface area (Å²) in [7, 11) is 1.66. The molecule has 2 aromatic rings. The lowest BCUT2D eigenvalue weighted by atomic mass is 10.2. The van der Waals surface area contributed by atoms with Gasteiger partial charge in [0, 0.05) is 24.9 Å². The Balaban J connectivity index is 1.82. The summed E-state index contributed by atoms with van der Waals surface area (Å²) < 4.78 is 12.7. The van der Waals surface area contributed by atoms with Crippen molar-refractivity contribution < 1.29 is 9.47 Å². The van der Waals surface area contributed by atoms with Crippen molar-refractivity contribution in [1.82, 2.24) is 30.2 Å². The van der Waals surface area contributed by atoms with E-state index in [4.69, 9.17) is 9.47 Å². The van der Waals surface area contributed by atoms with Crippen LogP contribution in [0.2, 0.25) is 0 Å². The van der Waals surface area contributed by atoms with Crippen LogP contribution in [-0.4, -0.2) is 63.6 Å². The Bertz CT molecular complexity index is 703. The molecular formula is C15H23N7O2. The maximum atomic E-state index is 5.91. The second kappa shape index (κ2) is 7.18. The molecule has 0 radical (unpaired) electrons. The Hall–Kier alpha value is -2.13. The van der Waals surface area contributed by atoms with Crippen LogP contribution < -0.4 is 4.90 Å². The first-order valence-corrected chi connectivity index (χ1v) is 8.03. The Labute approximate surface area is 141 Å². The van der Waals surface area contributed by atoms with E-state index in [0.717, 1.165) is 35.3 Å². The van der Waals surface area contributed by atoms with Crippen molar-refractivity contribution in [2.45, 2.75) is 33.4 Å². The Kier molecular flexibility index (Phi) is 5.00. The highest BCUT2D eigenvalue weighted by atomic mass is 16.5. The number of aromatic nitrogens is 6. The van der Waals surface area contributed by atoms with Gasteiger partial charge in [-0.05, 0) is 31.2 Å². The van der Waals surface area contributed by atoms with Gasteiger partial charge in [0.1, 0.15) is 17.7 Å². The van der Waals surface area contributed by atoms with Crippen LogP contribution in [0.1, 0.15) is 29.0 Å². The number of aryl methyl sites for hydroxylation is 2. The molecule has 9 nitrogen and oxygen atoms in total. The molecule has 0 amide bonds. The predicted molar refractivity (Wildman–Crippen MR) is 86.8 cm³/mol. The highest BCUT2D eigenvalue weighted by Crippen LogP contribution is 2.26. The lowest BCUT2D eigenvalue weighted by molar-refractivity contribution is 0.0297. The summed E-state index contributed by atoms with van der Waals surface area (Å²) in [5.41, 5.74) is 2.10. The molecule has 1 aliphatic heterocycles. The molecule has 9 heteroatoms. The molecule has 0 N–H and O–H groups in total. The summed E-state index contributed by atoms with van der Waals surface area (Å²) in [6.45, 7) is 9.18. The molecule has 130 valence electrons. The van der Waals surface area contributed by atoms with Crippen molar-refractivity contribution in [3.8, 4) is 0 Å². The zero-order chi connectivity index (χ0) is 17.1. The zero-order valence-corrected chi connectivity index (χ0v) is 14.6. The summed E-state index contributed by atoms with van der Waals surface area (Å²) >= 11 is 0. The number of methoxy groups -OCH3 is 1. The molecule has 0 spiro atoms. The predicted octanol–water partition coefficient (Wildman–Crippen LogP) is 0.613. The quantitative estimate of drug-likeness (QED) is 0.786. The number of anilines is 1. The van der Waals surface area contributed by atoms with Gasteiger partial charge >= 0.3 is 0 Å². The van der Waals surface area contributed by atoms with Crippen LogP contribution in [0.4, 0.5) is 5.82 Å². The second-order valence-corrected chi connectivity index (χ2v) is 5.86. The van der Waals surface area contributed by atoms with Gasteiger partial charge in [0.2, 0.25) is 0 Å². The number of rotatable bonds is 5. The topological polar surface area (TPSA) is 91.1 Å². The van der Waals surface area contributed by atoms with Crippen molar-refractivity contribution in [2.75, 3.05) is 38.3 Å². The first-order valence-electron chi connectivity index (χ1n) is 8.03. The minimum atomic E-state index is -0.194. The fraction of sp³-hybridized carbons (Fsp3) is 0.667. The standard InChI is InChI=1S/C15H23N7O2/c1-10-11(2)16-12(3)17-14(10)21-5-8-24-13(9-21)15-18-19-20-22(15)6-7-23-4/h13H,5-9H2,1-4H3/t13-/m0/s1. The smallest absolute Gasteiger partial charge is 0.182 e. The Morgan fingerprint density at radius 3 is 2.88 bits per heavy atom. The van der Waals surface area contributed by atoms with Crippen molar-refractivity contribution in [2.24, 2.45) is 0 Å². The molecule has 0 saturated carbocycles. The summed E-state index contributed by atoms with van der Waals surface area (Å²) in [4.78, 5) is 11.3. The van der Waals surface area contributed by atoms with E-state index in [0.29, 0.717) is 26.3 Å². The monoisotopic (exact) mass is 333 g/mol. The lowest BCUT2D eigenvalue weighted by Gasteiger charge is -2.34. The van der Waals surface area contributed by atoms with Gasteiger partial charge in [-0.25, -0.2) is 14.6 Å². The van der Waals surface area contributed by atoms with Gasteiger partial charge in [-0.15, -0.1) is 5.10 Å². The highest BCUT2D eigenvalue weighted by Gasteiger charge is 2.28. The molecule has 1 atom stereocenters. The first-order chi connectivity index (χ1) is 11.6. The number of tetrazole rings is 1. The molecular weight excluding hydrogens is 310 g/mol. The Morgan fingerprint density at radius 2 is 2.08 bits per heavy atom. The van der Waals surface area contributed by atoms with E-state index in [9.17, 15) is 0 Å². The van der Waals surface area contributed by atoms with Crippen molar-refractivity contribution in [3.63, 3.8) is 0 Å². The second-order valence-electron chi connectivity index (χ2n) is 5.86. The third-order valence-corrected chi connectivity index (χ3v) is 4.20. The van der Waals surface area contributed by atoms with Crippen LogP contribution in [0.15, 0.2) is 0 Å². The number of morpholine rings is 1. The minimum absolute atomic E-state index is 0.194. The average Bonchev–Trinajstić information content (AvgIpc) is 3.05. The molecule has 1 saturated heterocycles. The largest absolute Gasteiger partial charge is 0.383 e. The molecule has 0 aliphatic carbocycles. The van der Waals surface area contributed by atoms with Gasteiger partial charge in [-0.3, -0.25) is 0 Å². The molecule has 24 heavy (non-hydrogen) atoms. The number of nitrogens with zero attached hydrogens (tertiary/aromatic N) is 7. The molecule has 3 heterocycles. The number of ether oxygens (including phenoxy) is 2. The van der Waals surface area contributed by atoms with E-state index < -0.39 is 0 Å². The van der Waals surface area contributed by atoms with Gasteiger partial charge in [-0.2, -0.15) is 0 Å². The summed E-state index contributed by atoms with van der Waals surface area (Å²) in [6, 6.07) is 0. The maximum Gasteiger partial charge on any atom is 0.182 e. The van der Waals surface area contributed by atoms with Crippen LogP contribution >= 0.6 is 0 Å². The van der Waals surface area contributed by atoms with Gasteiger partial charge < -0.3 is 14.4 Å². The Morgan fingerprint density at radius 1 is 1.25 bits per heavy atom. The van der Waals surface area contributed by atoms with Crippen molar-refractivity contribution in [3.05, 3.63) is 22.9 Å². The number of hydrogen-bond acceptors (Lipinski definition) is 8. The van der Waals surface area contributed by atoms with Crippen LogP contribution in [0.5, 0.6) is 0 Å². The van der Waals surface area contributed by atoms with E-state index >= 15 is 0 Å². The fourth-order valence-corrected chi connectivity index (χ4v) is 2.84. The summed E-state index contributed by atoms with van der Waals surface area (Å²) in [6.07, 6.45) is -0.194. The normalized spacial score (nSPS) is 18.2. The third-order valence-electron chi connectivity index (χ3n) is 4.20. The van der Waals surface area contributed by atoms with E-state index in [-0.39, 0.29) is 6.10 Å². The highest BCUT2D eigenvalue weighted by molar-refractivity contribution is 5.48. The van der Waals surface area contributed by atoms with E-state index in [1.807, 2.05) is 13.8 Å². The van der Waals surface area contributed by atoms with Gasteiger partial charge in [0.25, 0.3) is 0 Å². The molecule has 1 fully saturated rings. The summed E-state index contributed by atoms with van der Waals surface area (Å²) in [5, 5.41) is 11.9. The van der Waals surface area contributed by atoms with E-state index in [1.54, 1.807) is 11.8 Å². The van der Waals surface area contributed by atoms with Gasteiger partial charge in [0.15, 0.2) is 5.82 Å². The van der Waals surface area contributed by atoms with Crippen LogP contribution in [0, 0.1) is 20.8 Å². The van der Waals surface area contributed by atoms with Gasteiger partial charge in [0.05, 0.1) is 26.3 Å². The van der Waals surface area contributed by atoms with Crippen LogP contribution in [0.3, 0.4) is 0 Å². The van der Waals surface area contributed by atoms with Crippen molar-refractivity contribution >= 4 is 5.82 Å². The average molecular weight is 333 g/mol. The molecule has 1 aliphatic rings. The number of hydrogen-bond donors (Lipinski definition) is 0. The molecule has 0 unspecified atom stereocenters. The fourth-order valence-electron chi connectivity index (χ4n) is 2.84. The molecule has 0 bridgehead atoms. The SMILES string of the molecule is COCCn1nnnc1[C@@H]1CN(c2nc(C)nc(C)c2C)CCO1.